The number of para-hydroxylation sites is 1. The first kappa shape index (κ1) is 13.1. The maximum Gasteiger partial charge on any atom is 0.272 e. The number of nitrogen functional groups attached to an aromatic ring is 1. The lowest BCUT2D eigenvalue weighted by Crippen LogP contribution is -2.12. The molecule has 0 spiro atoms. The minimum absolute atomic E-state index is 0.0455. The molecule has 0 fully saturated rings. The van der Waals surface area contributed by atoms with Crippen molar-refractivity contribution >= 4 is 28.2 Å². The number of halogens is 2. The van der Waals surface area contributed by atoms with Gasteiger partial charge in [-0.2, -0.15) is 0 Å². The zero-order valence-corrected chi connectivity index (χ0v) is 10.8. The van der Waals surface area contributed by atoms with Crippen LogP contribution in [0.15, 0.2) is 42.5 Å². The second-order valence-electron chi connectivity index (χ2n) is 4.61. The minimum Gasteiger partial charge on any atom is -0.397 e. The Bertz CT molecular complexity index is 822. The van der Waals surface area contributed by atoms with E-state index < -0.39 is 17.5 Å². The fraction of sp³-hybridized carbons (Fsp3) is 0. The lowest BCUT2D eigenvalue weighted by Gasteiger charge is -2.04. The second kappa shape index (κ2) is 4.90. The first-order valence-corrected chi connectivity index (χ1v) is 6.17. The maximum atomic E-state index is 13.1. The lowest BCUT2D eigenvalue weighted by molar-refractivity contribution is 0.102. The standard InChI is InChI=1S/C15H11F2N3O/c16-9-5-10(17)7-11(6-9)19-15(21)13-4-8-2-1-3-12(18)14(8)20-13/h1-7,20H,18H2,(H,19,21). The third-order valence-electron chi connectivity index (χ3n) is 3.05. The monoisotopic (exact) mass is 287 g/mol. The highest BCUT2D eigenvalue weighted by molar-refractivity contribution is 6.07. The molecule has 0 saturated heterocycles. The molecule has 3 aromatic rings. The molecule has 0 bridgehead atoms. The SMILES string of the molecule is Nc1cccc2cc(C(=O)Nc3cc(F)cc(F)c3)[nH]c12. The number of benzene rings is 2. The fourth-order valence-electron chi connectivity index (χ4n) is 2.13. The van der Waals surface area contributed by atoms with Crippen molar-refractivity contribution in [2.24, 2.45) is 0 Å². The Morgan fingerprint density at radius 3 is 2.48 bits per heavy atom. The molecule has 106 valence electrons. The van der Waals surface area contributed by atoms with Crippen LogP contribution in [0, 0.1) is 11.6 Å². The number of nitrogens with two attached hydrogens (primary N) is 1. The topological polar surface area (TPSA) is 70.9 Å². The minimum atomic E-state index is -0.758. The molecule has 2 aromatic carbocycles. The van der Waals surface area contributed by atoms with Gasteiger partial charge in [0.25, 0.3) is 5.91 Å². The Morgan fingerprint density at radius 2 is 1.81 bits per heavy atom. The Hall–Kier alpha value is -2.89. The van der Waals surface area contributed by atoms with E-state index in [1.807, 2.05) is 0 Å². The van der Waals surface area contributed by atoms with Crippen LogP contribution in [0.3, 0.4) is 0 Å². The molecule has 1 amide bonds. The normalized spacial score (nSPS) is 10.8. The van der Waals surface area contributed by atoms with Crippen LogP contribution in [-0.4, -0.2) is 10.9 Å². The molecule has 0 radical (unpaired) electrons. The number of carbonyl (C=O) groups is 1. The Labute approximate surface area is 118 Å². The summed E-state index contributed by atoms with van der Waals surface area (Å²) in [7, 11) is 0. The average molecular weight is 287 g/mol. The van der Waals surface area contributed by atoms with E-state index in [2.05, 4.69) is 10.3 Å². The molecular formula is C15H11F2N3O. The van der Waals surface area contributed by atoms with Gasteiger partial charge < -0.3 is 16.0 Å². The molecule has 1 heterocycles. The van der Waals surface area contributed by atoms with E-state index in [1.54, 1.807) is 24.3 Å². The summed E-state index contributed by atoms with van der Waals surface area (Å²) in [5, 5.41) is 3.21. The van der Waals surface area contributed by atoms with Crippen LogP contribution in [-0.2, 0) is 0 Å². The van der Waals surface area contributed by atoms with Gasteiger partial charge in [-0.1, -0.05) is 12.1 Å². The molecule has 3 rings (SSSR count). The van der Waals surface area contributed by atoms with Crippen molar-refractivity contribution in [3.05, 3.63) is 59.8 Å². The van der Waals surface area contributed by atoms with Crippen molar-refractivity contribution in [3.63, 3.8) is 0 Å². The third kappa shape index (κ3) is 2.55. The van der Waals surface area contributed by atoms with Gasteiger partial charge in [0.2, 0.25) is 0 Å². The first-order valence-electron chi connectivity index (χ1n) is 6.17. The Kier molecular flexibility index (Phi) is 3.06. The van der Waals surface area contributed by atoms with Gasteiger partial charge in [0.05, 0.1) is 11.2 Å². The summed E-state index contributed by atoms with van der Waals surface area (Å²) in [6.07, 6.45) is 0. The molecule has 6 heteroatoms. The molecule has 1 aromatic heterocycles. The van der Waals surface area contributed by atoms with Gasteiger partial charge in [-0.05, 0) is 24.3 Å². The summed E-state index contributed by atoms with van der Waals surface area (Å²) in [4.78, 5) is 15.0. The first-order chi connectivity index (χ1) is 10.0. The van der Waals surface area contributed by atoms with Gasteiger partial charge in [-0.15, -0.1) is 0 Å². The van der Waals surface area contributed by atoms with Gasteiger partial charge in [-0.3, -0.25) is 4.79 Å². The summed E-state index contributed by atoms with van der Waals surface area (Å²) in [5.41, 5.74) is 7.27. The van der Waals surface area contributed by atoms with Crippen LogP contribution in [0.2, 0.25) is 0 Å². The smallest absolute Gasteiger partial charge is 0.272 e. The van der Waals surface area contributed by atoms with E-state index in [-0.39, 0.29) is 11.4 Å². The number of H-pyrrole nitrogens is 1. The summed E-state index contributed by atoms with van der Waals surface area (Å²) in [6, 6.07) is 9.73. The summed E-state index contributed by atoms with van der Waals surface area (Å²) in [6.45, 7) is 0. The van der Waals surface area contributed by atoms with E-state index in [0.717, 1.165) is 23.6 Å². The number of aromatic amines is 1. The number of nitrogens with one attached hydrogen (secondary N) is 2. The van der Waals surface area contributed by atoms with E-state index >= 15 is 0 Å². The zero-order valence-electron chi connectivity index (χ0n) is 10.8. The molecule has 0 aliphatic carbocycles. The number of amides is 1. The van der Waals surface area contributed by atoms with E-state index in [9.17, 15) is 13.6 Å². The molecule has 4 N–H and O–H groups in total. The fourth-order valence-corrected chi connectivity index (χ4v) is 2.13. The van der Waals surface area contributed by atoms with Crippen LogP contribution in [0.4, 0.5) is 20.2 Å². The summed E-state index contributed by atoms with van der Waals surface area (Å²) >= 11 is 0. The van der Waals surface area contributed by atoms with Crippen LogP contribution in [0.1, 0.15) is 10.5 Å². The van der Waals surface area contributed by atoms with Crippen LogP contribution in [0.5, 0.6) is 0 Å². The van der Waals surface area contributed by atoms with Gasteiger partial charge in [0.1, 0.15) is 17.3 Å². The number of rotatable bonds is 2. The predicted octanol–water partition coefficient (Wildman–Crippen LogP) is 3.28. The summed E-state index contributed by atoms with van der Waals surface area (Å²) < 4.78 is 26.2. The summed E-state index contributed by atoms with van der Waals surface area (Å²) in [5.74, 6) is -2.02. The molecule has 0 aliphatic heterocycles. The predicted molar refractivity (Wildman–Crippen MR) is 77.0 cm³/mol. The van der Waals surface area contributed by atoms with Gasteiger partial charge >= 0.3 is 0 Å². The van der Waals surface area contributed by atoms with E-state index in [4.69, 9.17) is 5.73 Å². The molecule has 0 atom stereocenters. The molecular weight excluding hydrogens is 276 g/mol. The quantitative estimate of drug-likeness (QED) is 0.633. The number of carbonyl (C=O) groups excluding carboxylic acids is 1. The molecule has 0 saturated carbocycles. The Balaban J connectivity index is 1.91. The largest absolute Gasteiger partial charge is 0.397 e. The number of fused-ring (bicyclic) bond motifs is 1. The zero-order chi connectivity index (χ0) is 15.0. The van der Waals surface area contributed by atoms with Crippen molar-refractivity contribution in [3.8, 4) is 0 Å². The van der Waals surface area contributed by atoms with Gasteiger partial charge in [0.15, 0.2) is 0 Å². The highest BCUT2D eigenvalue weighted by atomic mass is 19.1. The van der Waals surface area contributed by atoms with Crippen molar-refractivity contribution in [1.29, 1.82) is 0 Å². The van der Waals surface area contributed by atoms with E-state index in [1.165, 1.54) is 0 Å². The van der Waals surface area contributed by atoms with Gasteiger partial charge in [0, 0.05) is 17.1 Å². The molecule has 0 unspecified atom stereocenters. The molecule has 0 aliphatic rings. The third-order valence-corrected chi connectivity index (χ3v) is 3.05. The lowest BCUT2D eigenvalue weighted by atomic mass is 10.2. The van der Waals surface area contributed by atoms with Crippen LogP contribution in [0.25, 0.3) is 10.9 Å². The van der Waals surface area contributed by atoms with Crippen molar-refractivity contribution in [1.82, 2.24) is 4.98 Å². The van der Waals surface area contributed by atoms with Crippen molar-refractivity contribution in [2.75, 3.05) is 11.1 Å². The number of hydrogen-bond donors (Lipinski definition) is 3. The highest BCUT2D eigenvalue weighted by Gasteiger charge is 2.12. The van der Waals surface area contributed by atoms with Gasteiger partial charge in [-0.25, -0.2) is 8.78 Å². The molecule has 4 nitrogen and oxygen atoms in total. The van der Waals surface area contributed by atoms with Crippen LogP contribution >= 0.6 is 0 Å². The second-order valence-corrected chi connectivity index (χ2v) is 4.61. The number of aromatic nitrogens is 1. The van der Waals surface area contributed by atoms with Crippen molar-refractivity contribution in [2.45, 2.75) is 0 Å². The number of anilines is 2. The average Bonchev–Trinajstić information content (AvgIpc) is 2.83. The highest BCUT2D eigenvalue weighted by Crippen LogP contribution is 2.22. The Morgan fingerprint density at radius 1 is 1.10 bits per heavy atom. The van der Waals surface area contributed by atoms with Crippen molar-refractivity contribution < 1.29 is 13.6 Å². The van der Waals surface area contributed by atoms with E-state index in [0.29, 0.717) is 11.2 Å². The number of hydrogen-bond acceptors (Lipinski definition) is 2. The van der Waals surface area contributed by atoms with Crippen LogP contribution < -0.4 is 11.1 Å². The molecule has 21 heavy (non-hydrogen) atoms. The maximum absolute atomic E-state index is 13.1.